The third-order valence-corrected chi connectivity index (χ3v) is 23.1. The Balaban J connectivity index is 0.894. The first-order chi connectivity index (χ1) is 50.5. The van der Waals surface area contributed by atoms with E-state index in [2.05, 4.69) is 360 Å². The molecule has 6 nitrogen and oxygen atoms in total. The molecule has 2 atom stereocenters. The maximum absolute atomic E-state index is 6.75. The molecule has 14 aromatic carbocycles. The Hall–Kier alpha value is -12.1. The maximum Gasteiger partial charge on any atom is 0.248 e. The molecule has 0 saturated heterocycles. The van der Waals surface area contributed by atoms with Crippen molar-refractivity contribution in [2.45, 2.75) is 89.4 Å². The first-order valence-electron chi connectivity index (χ1n) is 36.3. The van der Waals surface area contributed by atoms with E-state index in [9.17, 15) is 0 Å². The summed E-state index contributed by atoms with van der Waals surface area (Å²) >= 11 is 0. The molecule has 2 aromatic heterocycles. The molecule has 3 aliphatic carbocycles. The third-order valence-electron chi connectivity index (χ3n) is 23.1. The zero-order valence-electron chi connectivity index (χ0n) is 59.9. The van der Waals surface area contributed by atoms with Crippen molar-refractivity contribution in [3.05, 3.63) is 392 Å². The lowest BCUT2D eigenvalue weighted by Gasteiger charge is -2.37. The van der Waals surface area contributed by atoms with Crippen LogP contribution in [0, 0.1) is 20.8 Å². The lowest BCUT2D eigenvalue weighted by atomic mass is 9.64. The average Bonchev–Trinajstić information content (AvgIpc) is 1.21. The van der Waals surface area contributed by atoms with Crippen LogP contribution in [0.15, 0.2) is 306 Å². The highest BCUT2D eigenvalue weighted by atomic mass is 16.4. The molecule has 0 radical (unpaired) electrons. The fourth-order valence-corrected chi connectivity index (χ4v) is 17.9. The predicted molar refractivity (Wildman–Crippen MR) is 422 cm³/mol. The Morgan fingerprint density at radius 3 is 0.952 bits per heavy atom. The highest BCUT2D eigenvalue weighted by Gasteiger charge is 2.51. The molecule has 500 valence electrons. The van der Waals surface area contributed by atoms with Crippen molar-refractivity contribution in [3.8, 4) is 79.2 Å². The van der Waals surface area contributed by atoms with Crippen LogP contribution in [0.25, 0.3) is 101 Å². The topological polar surface area (TPSA) is 77.8 Å². The summed E-state index contributed by atoms with van der Waals surface area (Å²) in [5.74, 6) is 1.89. The van der Waals surface area contributed by atoms with Crippen molar-refractivity contribution >= 4 is 21.5 Å². The fraction of sp³-hybridized carbons (Fsp3) is 0.143. The first kappa shape index (κ1) is 62.9. The van der Waals surface area contributed by atoms with Crippen LogP contribution < -0.4 is 0 Å². The van der Waals surface area contributed by atoms with Gasteiger partial charge in [-0.1, -0.05) is 289 Å². The Labute approximate surface area is 607 Å². The second-order valence-electron chi connectivity index (χ2n) is 31.2. The molecule has 104 heavy (non-hydrogen) atoms. The first-order valence-corrected chi connectivity index (χ1v) is 36.3. The van der Waals surface area contributed by atoms with Gasteiger partial charge in [0.1, 0.15) is 0 Å². The van der Waals surface area contributed by atoms with Crippen molar-refractivity contribution < 1.29 is 8.83 Å². The summed E-state index contributed by atoms with van der Waals surface area (Å²) in [6.07, 6.45) is 0. The van der Waals surface area contributed by atoms with Crippen LogP contribution in [0.2, 0.25) is 0 Å². The highest BCUT2D eigenvalue weighted by molar-refractivity contribution is 6.12. The summed E-state index contributed by atoms with van der Waals surface area (Å²) < 4.78 is 13.5. The molecule has 2 unspecified atom stereocenters. The van der Waals surface area contributed by atoms with Crippen LogP contribution in [-0.2, 0) is 27.1 Å². The summed E-state index contributed by atoms with van der Waals surface area (Å²) in [4.78, 5) is 0. The molecular formula is C98H76N4O2. The molecule has 6 heteroatoms. The van der Waals surface area contributed by atoms with E-state index in [1.807, 2.05) is 0 Å². The van der Waals surface area contributed by atoms with Gasteiger partial charge in [0.2, 0.25) is 23.6 Å². The van der Waals surface area contributed by atoms with E-state index in [-0.39, 0.29) is 10.8 Å². The molecule has 0 saturated carbocycles. The van der Waals surface area contributed by atoms with Crippen molar-refractivity contribution in [1.82, 2.24) is 20.4 Å². The summed E-state index contributed by atoms with van der Waals surface area (Å²) in [5, 5.41) is 23.6. The quantitative estimate of drug-likeness (QED) is 0.127. The molecule has 0 fully saturated rings. The minimum atomic E-state index is -0.843. The molecule has 16 aromatic rings. The van der Waals surface area contributed by atoms with Crippen LogP contribution in [0.5, 0.6) is 0 Å². The van der Waals surface area contributed by atoms with Gasteiger partial charge in [0, 0.05) is 22.3 Å². The largest absolute Gasteiger partial charge is 0.416 e. The normalized spacial score (nSPS) is 16.1. The number of fused-ring (bicyclic) bond motifs is 12. The van der Waals surface area contributed by atoms with E-state index in [0.717, 1.165) is 88.3 Å². The smallest absolute Gasteiger partial charge is 0.248 e. The van der Waals surface area contributed by atoms with E-state index in [1.165, 1.54) is 83.5 Å². The number of aryl methyl sites for hydroxylation is 3. The molecule has 3 aliphatic rings. The minimum absolute atomic E-state index is 0.00162. The predicted octanol–water partition coefficient (Wildman–Crippen LogP) is 24.0. The second-order valence-corrected chi connectivity index (χ2v) is 31.2. The van der Waals surface area contributed by atoms with E-state index in [4.69, 9.17) is 29.2 Å². The van der Waals surface area contributed by atoms with E-state index < -0.39 is 16.2 Å². The Morgan fingerprint density at radius 2 is 0.558 bits per heavy atom. The van der Waals surface area contributed by atoms with Crippen LogP contribution in [0.4, 0.5) is 0 Å². The molecular weight excluding hydrogens is 1270 g/mol. The molecule has 0 N–H and O–H groups in total. The summed E-state index contributed by atoms with van der Waals surface area (Å²) in [6.45, 7) is 19.9. The van der Waals surface area contributed by atoms with Gasteiger partial charge in [-0.25, -0.2) is 0 Å². The maximum atomic E-state index is 6.75. The zero-order chi connectivity index (χ0) is 70.6. The monoisotopic (exact) mass is 1340 g/mol. The van der Waals surface area contributed by atoms with Crippen molar-refractivity contribution in [1.29, 1.82) is 0 Å². The van der Waals surface area contributed by atoms with Gasteiger partial charge >= 0.3 is 0 Å². The molecule has 0 aliphatic heterocycles. The number of benzene rings is 14. The van der Waals surface area contributed by atoms with Gasteiger partial charge in [0.25, 0.3) is 0 Å². The second kappa shape index (κ2) is 23.2. The van der Waals surface area contributed by atoms with Gasteiger partial charge in [0.05, 0.1) is 16.2 Å². The lowest BCUT2D eigenvalue weighted by molar-refractivity contribution is 0.581. The van der Waals surface area contributed by atoms with Gasteiger partial charge in [-0.2, -0.15) is 0 Å². The van der Waals surface area contributed by atoms with Gasteiger partial charge in [0.15, 0.2) is 0 Å². The van der Waals surface area contributed by atoms with Crippen molar-refractivity contribution in [2.24, 2.45) is 0 Å². The molecule has 0 bridgehead atoms. The van der Waals surface area contributed by atoms with Gasteiger partial charge in [-0.15, -0.1) is 20.4 Å². The highest BCUT2D eigenvalue weighted by Crippen LogP contribution is 2.62. The molecule has 2 heterocycles. The Kier molecular flexibility index (Phi) is 14.0. The Bertz CT molecular complexity index is 6100. The van der Waals surface area contributed by atoms with Crippen molar-refractivity contribution in [3.63, 3.8) is 0 Å². The number of rotatable bonds is 10. The fourth-order valence-electron chi connectivity index (χ4n) is 17.9. The van der Waals surface area contributed by atoms with E-state index in [1.54, 1.807) is 0 Å². The molecule has 0 spiro atoms. The van der Waals surface area contributed by atoms with E-state index >= 15 is 0 Å². The third kappa shape index (κ3) is 9.33. The number of nitrogens with zero attached hydrogens (tertiary/aromatic N) is 4. The van der Waals surface area contributed by atoms with Gasteiger partial charge in [-0.3, -0.25) is 0 Å². The van der Waals surface area contributed by atoms with Crippen LogP contribution in [-0.4, -0.2) is 20.4 Å². The van der Waals surface area contributed by atoms with Gasteiger partial charge < -0.3 is 8.83 Å². The van der Waals surface area contributed by atoms with Gasteiger partial charge in [-0.05, 0) is 231 Å². The number of hydrogen-bond acceptors (Lipinski definition) is 6. The Morgan fingerprint density at radius 1 is 0.240 bits per heavy atom. The minimum Gasteiger partial charge on any atom is -0.416 e. The summed E-state index contributed by atoms with van der Waals surface area (Å²) in [5.41, 5.74) is 28.6. The van der Waals surface area contributed by atoms with Crippen LogP contribution >= 0.6 is 0 Å². The molecule has 0 amide bonds. The molecule has 19 rings (SSSR count). The summed E-state index contributed by atoms with van der Waals surface area (Å²) in [7, 11) is 0. The number of aromatic nitrogens is 4. The van der Waals surface area contributed by atoms with Crippen LogP contribution in [0.1, 0.15) is 136 Å². The van der Waals surface area contributed by atoms with Crippen LogP contribution in [0.3, 0.4) is 0 Å². The summed E-state index contributed by atoms with van der Waals surface area (Å²) in [6, 6.07) is 112. The number of hydrogen-bond donors (Lipinski definition) is 0. The zero-order valence-corrected chi connectivity index (χ0v) is 59.9. The van der Waals surface area contributed by atoms with Crippen molar-refractivity contribution in [2.75, 3.05) is 0 Å². The lowest BCUT2D eigenvalue weighted by Crippen LogP contribution is -2.30. The SMILES string of the molecule is Cc1ccc(C2(c3ccc4cc(C5(c6ccc(C)cc6)c6ccccc6-c6ccccc65)c5ccc(C6(c7ccc(C)cc7)c7ccccc7-c7ccc(-c8nnc(-c9ccc(C(C)(C)C)cc9)o8)cc76)cc5c4c3)c3ccccc3-c3ccc(-c4nnc(-c5ccc(C(C)(C)C)cc5)o4)cc32)cc1. The standard InChI is InChI=1S/C98H76N4O2/c1-59-26-39-69(40-27-59)96(83-22-14-10-20-76(83)78-51-37-65(55-87(78)96)92-101-99-90(103-92)62-32-45-67(46-33-62)94(4,5)6)72-49-36-64-54-89(98(71-43-30-61(3)31-44-71)85-24-16-12-18-74(85)75-19-13-17-25-86(75)98)80-53-50-73(58-82(80)81(64)57-72)97(70-41-28-60(2)29-42-70)84-23-15-11-21-77(84)79-52-38-66(56-88(79)97)93-102-100-91(104-93)63-34-47-68(48-35-63)95(7,8)9/h10-58H,1-9H3. The van der Waals surface area contributed by atoms with E-state index in [0.29, 0.717) is 23.6 Å². The average molecular weight is 1340 g/mol.